The van der Waals surface area contributed by atoms with Crippen LogP contribution in [0.1, 0.15) is 36.7 Å². The summed E-state index contributed by atoms with van der Waals surface area (Å²) in [5, 5.41) is 6.53. The van der Waals surface area contributed by atoms with Crippen LogP contribution in [0.5, 0.6) is 0 Å². The molecule has 3 N–H and O–H groups in total. The summed E-state index contributed by atoms with van der Waals surface area (Å²) in [6, 6.07) is 16.1. The van der Waals surface area contributed by atoms with Crippen LogP contribution in [-0.4, -0.2) is 32.4 Å². The number of fused-ring (bicyclic) bond motifs is 1. The molecule has 2 heterocycles. The monoisotopic (exact) mass is 429 g/mol. The Balaban J connectivity index is 1.56. The number of ketones is 1. The van der Waals surface area contributed by atoms with Gasteiger partial charge in [0.2, 0.25) is 0 Å². The van der Waals surface area contributed by atoms with Gasteiger partial charge in [0.15, 0.2) is 5.78 Å². The molecular formula is C24H23N5O3. The van der Waals surface area contributed by atoms with Crippen LogP contribution in [0.3, 0.4) is 0 Å². The molecule has 162 valence electrons. The van der Waals surface area contributed by atoms with E-state index < -0.39 is 11.7 Å². The number of H-pyrrole nitrogens is 1. The van der Waals surface area contributed by atoms with Gasteiger partial charge in [-0.25, -0.2) is 14.8 Å². The smallest absolute Gasteiger partial charge is 0.412 e. The van der Waals surface area contributed by atoms with E-state index in [0.29, 0.717) is 33.7 Å². The van der Waals surface area contributed by atoms with Crippen molar-refractivity contribution in [1.82, 2.24) is 15.0 Å². The lowest BCUT2D eigenvalue weighted by Crippen LogP contribution is -2.27. The third kappa shape index (κ3) is 4.75. The molecule has 0 atom stereocenters. The Morgan fingerprint density at radius 3 is 2.31 bits per heavy atom. The van der Waals surface area contributed by atoms with Crippen LogP contribution in [0.2, 0.25) is 0 Å². The molecule has 0 aliphatic carbocycles. The predicted molar refractivity (Wildman–Crippen MR) is 123 cm³/mol. The summed E-state index contributed by atoms with van der Waals surface area (Å²) < 4.78 is 5.26. The molecule has 0 saturated carbocycles. The van der Waals surface area contributed by atoms with Gasteiger partial charge in [-0.3, -0.25) is 10.1 Å². The fourth-order valence-corrected chi connectivity index (χ4v) is 3.18. The van der Waals surface area contributed by atoms with E-state index in [1.807, 2.05) is 18.2 Å². The molecule has 4 aromatic rings. The van der Waals surface area contributed by atoms with Gasteiger partial charge in [-0.2, -0.15) is 0 Å². The molecule has 2 aromatic heterocycles. The maximum absolute atomic E-state index is 13.0. The fourth-order valence-electron chi connectivity index (χ4n) is 3.18. The van der Waals surface area contributed by atoms with Gasteiger partial charge in [-0.05, 0) is 45.0 Å². The van der Waals surface area contributed by atoms with E-state index in [0.717, 1.165) is 5.69 Å². The average molecular weight is 429 g/mol. The summed E-state index contributed by atoms with van der Waals surface area (Å²) >= 11 is 0. The van der Waals surface area contributed by atoms with Crippen molar-refractivity contribution in [3.05, 3.63) is 78.2 Å². The number of carbonyl (C=O) groups is 2. The molecule has 32 heavy (non-hydrogen) atoms. The Hall–Kier alpha value is -4.20. The number of anilines is 3. The Morgan fingerprint density at radius 1 is 0.938 bits per heavy atom. The van der Waals surface area contributed by atoms with Gasteiger partial charge < -0.3 is 15.0 Å². The zero-order valence-electron chi connectivity index (χ0n) is 18.0. The maximum atomic E-state index is 13.0. The van der Waals surface area contributed by atoms with Crippen molar-refractivity contribution >= 4 is 40.1 Å². The fraction of sp³-hybridized carbons (Fsp3) is 0.167. The number of nitrogens with one attached hydrogen (secondary N) is 3. The topological polar surface area (TPSA) is 109 Å². The first-order chi connectivity index (χ1) is 15.3. The molecule has 0 fully saturated rings. The standard InChI is InChI=1S/C24H23N5O3/c1-24(2,3)32-23(31)29-17-11-9-16(10-12-17)28-22-19-18(13-25-21(19)26-14-27-22)20(30)15-7-5-4-6-8-15/h4-14H,1-3H3,(H,29,31)(H2,25,26,27,28). The van der Waals surface area contributed by atoms with Crippen molar-refractivity contribution < 1.29 is 14.3 Å². The maximum Gasteiger partial charge on any atom is 0.412 e. The molecule has 4 rings (SSSR count). The Bertz CT molecular complexity index is 1260. The first kappa shape index (κ1) is 21.0. The van der Waals surface area contributed by atoms with Crippen molar-refractivity contribution in [3.63, 3.8) is 0 Å². The van der Waals surface area contributed by atoms with Crippen LogP contribution in [0.4, 0.5) is 22.0 Å². The molecule has 0 radical (unpaired) electrons. The molecule has 0 aliphatic rings. The Morgan fingerprint density at radius 2 is 1.62 bits per heavy atom. The van der Waals surface area contributed by atoms with Crippen molar-refractivity contribution in [2.45, 2.75) is 26.4 Å². The number of nitrogens with zero attached hydrogens (tertiary/aromatic N) is 2. The van der Waals surface area contributed by atoms with Gasteiger partial charge in [0, 0.05) is 23.1 Å². The number of amides is 1. The highest BCUT2D eigenvalue weighted by atomic mass is 16.6. The first-order valence-electron chi connectivity index (χ1n) is 10.1. The second kappa shape index (κ2) is 8.50. The Labute approximate surface area is 185 Å². The third-order valence-corrected chi connectivity index (χ3v) is 4.54. The Kier molecular flexibility index (Phi) is 5.59. The quantitative estimate of drug-likeness (QED) is 0.373. The average Bonchev–Trinajstić information content (AvgIpc) is 3.19. The molecule has 0 bridgehead atoms. The van der Waals surface area contributed by atoms with Crippen molar-refractivity contribution in [2.24, 2.45) is 0 Å². The number of aromatic nitrogens is 3. The second-order valence-electron chi connectivity index (χ2n) is 8.17. The number of hydrogen-bond acceptors (Lipinski definition) is 6. The summed E-state index contributed by atoms with van der Waals surface area (Å²) in [7, 11) is 0. The number of benzene rings is 2. The van der Waals surface area contributed by atoms with Crippen LogP contribution in [0.15, 0.2) is 67.1 Å². The summed E-state index contributed by atoms with van der Waals surface area (Å²) in [5.41, 5.74) is 2.39. The minimum absolute atomic E-state index is 0.119. The number of aromatic amines is 1. The lowest BCUT2D eigenvalue weighted by atomic mass is 10.0. The molecule has 1 amide bonds. The number of hydrogen-bond donors (Lipinski definition) is 3. The lowest BCUT2D eigenvalue weighted by Gasteiger charge is -2.19. The molecule has 0 aliphatic heterocycles. The highest BCUT2D eigenvalue weighted by molar-refractivity contribution is 6.18. The van der Waals surface area contributed by atoms with Crippen LogP contribution in [-0.2, 0) is 4.74 Å². The number of ether oxygens (including phenoxy) is 1. The molecule has 0 unspecified atom stereocenters. The normalized spacial score (nSPS) is 11.2. The highest BCUT2D eigenvalue weighted by Crippen LogP contribution is 2.28. The van der Waals surface area contributed by atoms with Crippen molar-refractivity contribution in [1.29, 1.82) is 0 Å². The van der Waals surface area contributed by atoms with Crippen molar-refractivity contribution in [3.8, 4) is 0 Å². The second-order valence-corrected chi connectivity index (χ2v) is 8.17. The third-order valence-electron chi connectivity index (χ3n) is 4.54. The largest absolute Gasteiger partial charge is 0.444 e. The molecular weight excluding hydrogens is 406 g/mol. The van der Waals surface area contributed by atoms with E-state index in [9.17, 15) is 9.59 Å². The highest BCUT2D eigenvalue weighted by Gasteiger charge is 2.19. The molecule has 2 aromatic carbocycles. The summed E-state index contributed by atoms with van der Waals surface area (Å²) in [4.78, 5) is 36.6. The van der Waals surface area contributed by atoms with Gasteiger partial charge in [-0.15, -0.1) is 0 Å². The molecule has 8 heteroatoms. The van der Waals surface area contributed by atoms with Crippen LogP contribution < -0.4 is 10.6 Å². The van der Waals surface area contributed by atoms with Gasteiger partial charge in [0.25, 0.3) is 0 Å². The minimum atomic E-state index is -0.574. The van der Waals surface area contributed by atoms with Gasteiger partial charge in [0.1, 0.15) is 23.4 Å². The van der Waals surface area contributed by atoms with E-state index in [-0.39, 0.29) is 5.78 Å². The molecule has 0 saturated heterocycles. The van der Waals surface area contributed by atoms with Gasteiger partial charge in [0.05, 0.1) is 10.9 Å². The number of carbonyl (C=O) groups excluding carboxylic acids is 2. The van der Waals surface area contributed by atoms with E-state index in [4.69, 9.17) is 4.74 Å². The van der Waals surface area contributed by atoms with E-state index in [2.05, 4.69) is 25.6 Å². The van der Waals surface area contributed by atoms with Crippen molar-refractivity contribution in [2.75, 3.05) is 10.6 Å². The zero-order valence-corrected chi connectivity index (χ0v) is 18.0. The van der Waals surface area contributed by atoms with E-state index in [1.165, 1.54) is 6.33 Å². The molecule has 0 spiro atoms. The summed E-state index contributed by atoms with van der Waals surface area (Å²) in [6.45, 7) is 5.42. The van der Waals surface area contributed by atoms with Gasteiger partial charge in [-0.1, -0.05) is 30.3 Å². The SMILES string of the molecule is CC(C)(C)OC(=O)Nc1ccc(Nc2ncnc3[nH]cc(C(=O)c4ccccc4)c23)cc1. The summed E-state index contributed by atoms with van der Waals surface area (Å²) in [6.07, 6.45) is 2.55. The summed E-state index contributed by atoms with van der Waals surface area (Å²) in [5.74, 6) is 0.384. The minimum Gasteiger partial charge on any atom is -0.444 e. The predicted octanol–water partition coefficient (Wildman–Crippen LogP) is 5.28. The first-order valence-corrected chi connectivity index (χ1v) is 10.1. The van der Waals surface area contributed by atoms with Gasteiger partial charge >= 0.3 is 6.09 Å². The van der Waals surface area contributed by atoms with E-state index in [1.54, 1.807) is 63.4 Å². The van der Waals surface area contributed by atoms with Crippen LogP contribution >= 0.6 is 0 Å². The van der Waals surface area contributed by atoms with E-state index >= 15 is 0 Å². The zero-order chi connectivity index (χ0) is 22.7. The van der Waals surface area contributed by atoms with Crippen LogP contribution in [0.25, 0.3) is 11.0 Å². The van der Waals surface area contributed by atoms with Crippen LogP contribution in [0, 0.1) is 0 Å². The number of rotatable bonds is 5. The molecule has 8 nitrogen and oxygen atoms in total. The lowest BCUT2D eigenvalue weighted by molar-refractivity contribution is 0.0635.